The van der Waals surface area contributed by atoms with Crippen LogP contribution in [0.15, 0.2) is 12.4 Å². The van der Waals surface area contributed by atoms with Crippen molar-refractivity contribution in [3.63, 3.8) is 0 Å². The van der Waals surface area contributed by atoms with Crippen molar-refractivity contribution < 1.29 is 0 Å². The fourth-order valence-corrected chi connectivity index (χ4v) is 3.48. The molecule has 0 saturated carbocycles. The van der Waals surface area contributed by atoms with Crippen LogP contribution in [-0.2, 0) is 0 Å². The molecule has 1 N–H and O–H groups in total. The molecule has 4 heteroatoms. The highest BCUT2D eigenvalue weighted by Gasteiger charge is 2.36. The van der Waals surface area contributed by atoms with Gasteiger partial charge in [0, 0.05) is 30.5 Å². The summed E-state index contributed by atoms with van der Waals surface area (Å²) in [4.78, 5) is 11.3. The van der Waals surface area contributed by atoms with Gasteiger partial charge in [-0.2, -0.15) is 0 Å². The summed E-state index contributed by atoms with van der Waals surface area (Å²) in [5, 5.41) is 3.60. The highest BCUT2D eigenvalue weighted by Crippen LogP contribution is 2.33. The van der Waals surface area contributed by atoms with Crippen LogP contribution in [0.25, 0.3) is 0 Å². The summed E-state index contributed by atoms with van der Waals surface area (Å²) in [6, 6.07) is 2.07. The van der Waals surface area contributed by atoms with Gasteiger partial charge < -0.3 is 10.2 Å². The van der Waals surface area contributed by atoms with Gasteiger partial charge >= 0.3 is 0 Å². The molecule has 1 aromatic heterocycles. The third-order valence-corrected chi connectivity index (χ3v) is 4.56. The Morgan fingerprint density at radius 2 is 1.83 bits per heavy atom. The smallest absolute Gasteiger partial charge is 0.147 e. The van der Waals surface area contributed by atoms with Crippen LogP contribution in [0.5, 0.6) is 0 Å². The monoisotopic (exact) mass is 246 g/mol. The van der Waals surface area contributed by atoms with E-state index in [0.29, 0.717) is 6.04 Å². The summed E-state index contributed by atoms with van der Waals surface area (Å²) in [7, 11) is 2.29. The number of anilines is 1. The number of hydrogen-bond donors (Lipinski definition) is 1. The van der Waals surface area contributed by atoms with Crippen LogP contribution in [0, 0.1) is 6.92 Å². The molecule has 0 radical (unpaired) electrons. The minimum Gasteiger partial charge on any atom is -0.366 e. The van der Waals surface area contributed by atoms with E-state index in [2.05, 4.69) is 27.2 Å². The molecule has 2 aliphatic heterocycles. The van der Waals surface area contributed by atoms with Gasteiger partial charge in [0.15, 0.2) is 0 Å². The number of aromatic nitrogens is 2. The lowest BCUT2D eigenvalue weighted by Crippen LogP contribution is -2.52. The molecular formula is C14H22N4. The molecule has 4 nitrogen and oxygen atoms in total. The first-order valence-corrected chi connectivity index (χ1v) is 7.00. The number of rotatable bonds is 2. The van der Waals surface area contributed by atoms with Crippen molar-refractivity contribution in [3.8, 4) is 0 Å². The molecule has 2 saturated heterocycles. The average molecular weight is 246 g/mol. The van der Waals surface area contributed by atoms with Gasteiger partial charge in [-0.15, -0.1) is 0 Å². The molecule has 2 aliphatic rings. The largest absolute Gasteiger partial charge is 0.366 e. The van der Waals surface area contributed by atoms with E-state index < -0.39 is 0 Å². The highest BCUT2D eigenvalue weighted by molar-refractivity contribution is 5.39. The van der Waals surface area contributed by atoms with Crippen LogP contribution in [0.3, 0.4) is 0 Å². The van der Waals surface area contributed by atoms with Crippen LogP contribution >= 0.6 is 0 Å². The van der Waals surface area contributed by atoms with Crippen LogP contribution in [-0.4, -0.2) is 40.0 Å². The summed E-state index contributed by atoms with van der Waals surface area (Å²) >= 11 is 0. The zero-order valence-corrected chi connectivity index (χ0v) is 11.3. The number of fused-ring (bicyclic) bond motifs is 2. The molecule has 2 bridgehead atoms. The fraction of sp³-hybridized carbons (Fsp3) is 0.714. The summed E-state index contributed by atoms with van der Waals surface area (Å²) < 4.78 is 0. The predicted octanol–water partition coefficient (Wildman–Crippen LogP) is 2.21. The molecule has 1 aromatic rings. The lowest BCUT2D eigenvalue weighted by atomic mass is 9.82. The van der Waals surface area contributed by atoms with Gasteiger partial charge in [0.2, 0.25) is 0 Å². The van der Waals surface area contributed by atoms with Crippen LogP contribution in [0.4, 0.5) is 5.82 Å². The highest BCUT2D eigenvalue weighted by atomic mass is 15.2. The Morgan fingerprint density at radius 3 is 2.50 bits per heavy atom. The maximum Gasteiger partial charge on any atom is 0.147 e. The van der Waals surface area contributed by atoms with E-state index in [1.54, 1.807) is 12.4 Å². The maximum atomic E-state index is 4.40. The van der Waals surface area contributed by atoms with Crippen molar-refractivity contribution in [3.05, 3.63) is 18.1 Å². The van der Waals surface area contributed by atoms with Crippen LogP contribution < -0.4 is 5.32 Å². The molecule has 0 aromatic carbocycles. The second-order valence-corrected chi connectivity index (χ2v) is 5.71. The number of nitrogens with one attached hydrogen (secondary N) is 1. The normalized spacial score (nSPS) is 32.2. The molecular weight excluding hydrogens is 224 g/mol. The third kappa shape index (κ3) is 2.21. The van der Waals surface area contributed by atoms with Crippen molar-refractivity contribution in [2.24, 2.45) is 0 Å². The molecule has 0 amide bonds. The van der Waals surface area contributed by atoms with E-state index in [4.69, 9.17) is 0 Å². The molecule has 0 aliphatic carbocycles. The van der Waals surface area contributed by atoms with Gasteiger partial charge in [-0.05, 0) is 39.7 Å². The van der Waals surface area contributed by atoms with Gasteiger partial charge in [-0.25, -0.2) is 4.98 Å². The van der Waals surface area contributed by atoms with Crippen molar-refractivity contribution in [2.75, 3.05) is 12.4 Å². The van der Waals surface area contributed by atoms with Gasteiger partial charge in [-0.3, -0.25) is 4.98 Å². The van der Waals surface area contributed by atoms with Crippen LogP contribution in [0.1, 0.15) is 37.8 Å². The summed E-state index contributed by atoms with van der Waals surface area (Å²) in [6.07, 6.45) is 10.1. The number of nitrogens with zero attached hydrogens (tertiary/aromatic N) is 3. The first-order valence-electron chi connectivity index (χ1n) is 7.00. The maximum absolute atomic E-state index is 4.40. The Hall–Kier alpha value is -1.16. The van der Waals surface area contributed by atoms with Crippen molar-refractivity contribution in [2.45, 2.75) is 57.2 Å². The molecule has 2 unspecified atom stereocenters. The van der Waals surface area contributed by atoms with E-state index in [1.165, 1.54) is 32.1 Å². The van der Waals surface area contributed by atoms with E-state index >= 15 is 0 Å². The Kier molecular flexibility index (Phi) is 3.20. The number of hydrogen-bond acceptors (Lipinski definition) is 4. The van der Waals surface area contributed by atoms with Gasteiger partial charge in [0.25, 0.3) is 0 Å². The van der Waals surface area contributed by atoms with E-state index in [1.807, 2.05) is 6.92 Å². The molecule has 3 rings (SSSR count). The van der Waals surface area contributed by atoms with Gasteiger partial charge in [0.05, 0.1) is 5.69 Å². The van der Waals surface area contributed by atoms with E-state index in [0.717, 1.165) is 23.6 Å². The third-order valence-electron chi connectivity index (χ3n) is 4.56. The minimum atomic E-state index is 0.562. The van der Waals surface area contributed by atoms with Crippen LogP contribution in [0.2, 0.25) is 0 Å². The summed E-state index contributed by atoms with van der Waals surface area (Å²) in [5.41, 5.74) is 1.00. The number of aryl methyl sites for hydroxylation is 1. The standard InChI is InChI=1S/C14H22N4/c1-10-14(16-7-6-15-10)17-11-8-12-4-3-5-13(9-11)18(12)2/h6-7,11-13H,3-5,8-9H2,1-2H3,(H,16,17). The predicted molar refractivity (Wildman–Crippen MR) is 72.6 cm³/mol. The Morgan fingerprint density at radius 1 is 1.17 bits per heavy atom. The van der Waals surface area contributed by atoms with E-state index in [-0.39, 0.29) is 0 Å². The van der Waals surface area contributed by atoms with Crippen molar-refractivity contribution in [1.29, 1.82) is 0 Å². The minimum absolute atomic E-state index is 0.562. The lowest BCUT2D eigenvalue weighted by Gasteiger charge is -2.47. The topological polar surface area (TPSA) is 41.1 Å². The Bertz CT molecular complexity index is 406. The van der Waals surface area contributed by atoms with Crippen molar-refractivity contribution >= 4 is 5.82 Å². The molecule has 3 heterocycles. The fourth-order valence-electron chi connectivity index (χ4n) is 3.48. The molecule has 2 atom stereocenters. The molecule has 18 heavy (non-hydrogen) atoms. The first kappa shape index (κ1) is 11.9. The SMILES string of the molecule is Cc1nccnc1NC1CC2CCCC(C1)N2C. The Balaban J connectivity index is 1.70. The second-order valence-electron chi connectivity index (χ2n) is 5.71. The lowest BCUT2D eigenvalue weighted by molar-refractivity contribution is 0.0607. The second kappa shape index (κ2) is 4.84. The quantitative estimate of drug-likeness (QED) is 0.868. The number of piperidine rings is 2. The molecule has 2 fully saturated rings. The zero-order chi connectivity index (χ0) is 12.5. The summed E-state index contributed by atoms with van der Waals surface area (Å²) in [6.45, 7) is 2.02. The molecule has 0 spiro atoms. The molecule has 98 valence electrons. The zero-order valence-electron chi connectivity index (χ0n) is 11.3. The van der Waals surface area contributed by atoms with Crippen molar-refractivity contribution in [1.82, 2.24) is 14.9 Å². The average Bonchev–Trinajstić information content (AvgIpc) is 2.33. The van der Waals surface area contributed by atoms with Gasteiger partial charge in [0.1, 0.15) is 5.82 Å². The Labute approximate surface area is 109 Å². The summed E-state index contributed by atoms with van der Waals surface area (Å²) in [5.74, 6) is 0.963. The van der Waals surface area contributed by atoms with Gasteiger partial charge in [-0.1, -0.05) is 6.42 Å². The first-order chi connectivity index (χ1) is 8.74. The van der Waals surface area contributed by atoms with E-state index in [9.17, 15) is 0 Å².